The molecule has 1 aliphatic heterocycles. The number of carbonyl (C=O) groups is 1. The van der Waals surface area contributed by atoms with Gasteiger partial charge in [0.25, 0.3) is 0 Å². The molecule has 1 N–H and O–H groups in total. The predicted molar refractivity (Wildman–Crippen MR) is 125 cm³/mol. The second-order valence-corrected chi connectivity index (χ2v) is 8.34. The van der Waals surface area contributed by atoms with Gasteiger partial charge in [0.2, 0.25) is 0 Å². The van der Waals surface area contributed by atoms with Crippen molar-refractivity contribution in [3.8, 4) is 0 Å². The maximum absolute atomic E-state index is 10.6. The van der Waals surface area contributed by atoms with Crippen molar-refractivity contribution < 1.29 is 9.90 Å². The summed E-state index contributed by atoms with van der Waals surface area (Å²) in [6, 6.07) is 17.9. The number of hydrogen-bond donors (Lipinski definition) is 1. The highest BCUT2D eigenvalue weighted by Gasteiger charge is 2.23. The lowest BCUT2D eigenvalue weighted by molar-refractivity contribution is -0.137. The first-order valence-corrected chi connectivity index (χ1v) is 11.0. The summed E-state index contributed by atoms with van der Waals surface area (Å²) in [5.74, 6) is -0.678. The number of piperidine rings is 1. The number of carboxylic acid groups (broad SMARTS) is 1. The van der Waals surface area contributed by atoms with Gasteiger partial charge in [0.05, 0.1) is 0 Å². The molecular weight excluding hydrogens is 394 g/mol. The zero-order valence-corrected chi connectivity index (χ0v) is 18.4. The molecule has 2 aromatic rings. The maximum Gasteiger partial charge on any atom is 0.303 e. The Bertz CT molecular complexity index is 846. The highest BCUT2D eigenvalue weighted by atomic mass is 35.5. The van der Waals surface area contributed by atoms with Crippen molar-refractivity contribution in [1.29, 1.82) is 0 Å². The van der Waals surface area contributed by atoms with E-state index in [1.165, 1.54) is 27.8 Å². The van der Waals surface area contributed by atoms with Crippen molar-refractivity contribution in [1.82, 2.24) is 4.90 Å². The first-order valence-electron chi connectivity index (χ1n) is 11.0. The lowest BCUT2D eigenvalue weighted by Gasteiger charge is -2.30. The fourth-order valence-corrected chi connectivity index (χ4v) is 4.84. The van der Waals surface area contributed by atoms with Crippen LogP contribution in [-0.2, 0) is 17.6 Å². The van der Waals surface area contributed by atoms with Crippen LogP contribution in [0.3, 0.4) is 0 Å². The lowest BCUT2D eigenvalue weighted by Crippen LogP contribution is -2.32. The Morgan fingerprint density at radius 1 is 0.800 bits per heavy atom. The van der Waals surface area contributed by atoms with Gasteiger partial charge in [-0.3, -0.25) is 4.79 Å². The number of aryl methyl sites for hydroxylation is 2. The van der Waals surface area contributed by atoms with E-state index in [-0.39, 0.29) is 12.4 Å². The molecule has 1 saturated heterocycles. The number of carboxylic acids is 1. The molecule has 0 atom stereocenters. The maximum atomic E-state index is 10.6. The summed E-state index contributed by atoms with van der Waals surface area (Å²) in [5, 5.41) is 8.76. The summed E-state index contributed by atoms with van der Waals surface area (Å²) in [6.07, 6.45) is 7.71. The Hall–Kier alpha value is -2.10. The average Bonchev–Trinajstić information content (AvgIpc) is 2.91. The SMILES string of the molecule is Cl.O=C(O)CCCCCN1CCC(=C2c3ccccc3CCc3ccccc32)CC1. The summed E-state index contributed by atoms with van der Waals surface area (Å²) >= 11 is 0. The van der Waals surface area contributed by atoms with Crippen LogP contribution in [0.25, 0.3) is 5.57 Å². The van der Waals surface area contributed by atoms with Gasteiger partial charge in [-0.05, 0) is 72.9 Å². The van der Waals surface area contributed by atoms with Crippen LogP contribution in [0, 0.1) is 0 Å². The minimum atomic E-state index is -0.678. The van der Waals surface area contributed by atoms with Gasteiger partial charge in [0.15, 0.2) is 0 Å². The highest BCUT2D eigenvalue weighted by Crippen LogP contribution is 2.38. The normalized spacial score (nSPS) is 16.3. The van der Waals surface area contributed by atoms with E-state index >= 15 is 0 Å². The van der Waals surface area contributed by atoms with Crippen molar-refractivity contribution in [3.05, 3.63) is 76.4 Å². The van der Waals surface area contributed by atoms with E-state index in [4.69, 9.17) is 5.11 Å². The van der Waals surface area contributed by atoms with Crippen molar-refractivity contribution in [2.24, 2.45) is 0 Å². The second kappa shape index (κ2) is 10.8. The average molecular weight is 426 g/mol. The van der Waals surface area contributed by atoms with Crippen LogP contribution in [0.15, 0.2) is 54.1 Å². The molecule has 0 bridgehead atoms. The Balaban J connectivity index is 0.00000256. The quantitative estimate of drug-likeness (QED) is 0.599. The van der Waals surface area contributed by atoms with Gasteiger partial charge in [-0.2, -0.15) is 0 Å². The Kier molecular flexibility index (Phi) is 8.12. The molecule has 30 heavy (non-hydrogen) atoms. The summed E-state index contributed by atoms with van der Waals surface area (Å²) in [6.45, 7) is 3.32. The van der Waals surface area contributed by atoms with Gasteiger partial charge in [0.1, 0.15) is 0 Å². The summed E-state index contributed by atoms with van der Waals surface area (Å²) in [7, 11) is 0. The Morgan fingerprint density at radius 2 is 1.37 bits per heavy atom. The molecular formula is C26H32ClNO2. The highest BCUT2D eigenvalue weighted by molar-refractivity contribution is 5.86. The zero-order valence-electron chi connectivity index (χ0n) is 17.6. The Labute approximate surface area is 186 Å². The van der Waals surface area contributed by atoms with E-state index in [1.54, 1.807) is 5.57 Å². The molecule has 0 unspecified atom stereocenters. The Morgan fingerprint density at radius 3 is 1.93 bits per heavy atom. The van der Waals surface area contributed by atoms with Crippen molar-refractivity contribution in [2.45, 2.75) is 51.4 Å². The number of rotatable bonds is 6. The van der Waals surface area contributed by atoms with Crippen molar-refractivity contribution >= 4 is 23.9 Å². The molecule has 4 rings (SSSR count). The summed E-state index contributed by atoms with van der Waals surface area (Å²) in [5.41, 5.74) is 8.94. The third-order valence-electron chi connectivity index (χ3n) is 6.42. The lowest BCUT2D eigenvalue weighted by atomic mass is 9.86. The van der Waals surface area contributed by atoms with Crippen LogP contribution in [0.1, 0.15) is 60.8 Å². The number of likely N-dealkylation sites (tertiary alicyclic amines) is 1. The number of fused-ring (bicyclic) bond motifs is 2. The summed E-state index contributed by atoms with van der Waals surface area (Å²) < 4.78 is 0. The molecule has 1 heterocycles. The van der Waals surface area contributed by atoms with E-state index < -0.39 is 5.97 Å². The number of unbranched alkanes of at least 4 members (excludes halogenated alkanes) is 2. The minimum Gasteiger partial charge on any atom is -0.481 e. The largest absolute Gasteiger partial charge is 0.481 e. The minimum absolute atomic E-state index is 0. The van der Waals surface area contributed by atoms with Crippen LogP contribution in [0.5, 0.6) is 0 Å². The van der Waals surface area contributed by atoms with Gasteiger partial charge >= 0.3 is 5.97 Å². The van der Waals surface area contributed by atoms with Gasteiger partial charge in [0, 0.05) is 19.5 Å². The molecule has 2 aliphatic rings. The summed E-state index contributed by atoms with van der Waals surface area (Å²) in [4.78, 5) is 13.2. The standard InChI is InChI=1S/C26H31NO2.ClH/c28-25(29)12-2-1-7-17-27-18-15-22(16-19-27)26-23-10-5-3-8-20(23)13-14-21-9-4-6-11-24(21)26;/h3-6,8-11H,1-2,7,12-19H2,(H,28,29);1H. The molecule has 0 spiro atoms. The molecule has 4 heteroatoms. The molecule has 0 saturated carbocycles. The molecule has 1 fully saturated rings. The first kappa shape index (κ1) is 22.6. The third-order valence-corrected chi connectivity index (χ3v) is 6.42. The van der Waals surface area contributed by atoms with Gasteiger partial charge in [-0.15, -0.1) is 12.4 Å². The van der Waals surface area contributed by atoms with Gasteiger partial charge in [-0.1, -0.05) is 60.5 Å². The number of nitrogens with zero attached hydrogens (tertiary/aromatic N) is 1. The molecule has 1 aliphatic carbocycles. The monoisotopic (exact) mass is 425 g/mol. The van der Waals surface area contributed by atoms with E-state index in [9.17, 15) is 4.79 Å². The molecule has 0 radical (unpaired) electrons. The van der Waals surface area contributed by atoms with Crippen LogP contribution < -0.4 is 0 Å². The number of hydrogen-bond acceptors (Lipinski definition) is 2. The molecule has 0 amide bonds. The predicted octanol–water partition coefficient (Wildman–Crippen LogP) is 5.75. The second-order valence-electron chi connectivity index (χ2n) is 8.34. The van der Waals surface area contributed by atoms with Crippen molar-refractivity contribution in [3.63, 3.8) is 0 Å². The zero-order chi connectivity index (χ0) is 20.1. The number of benzene rings is 2. The van der Waals surface area contributed by atoms with Crippen LogP contribution in [-0.4, -0.2) is 35.6 Å². The topological polar surface area (TPSA) is 40.5 Å². The fraction of sp³-hybridized carbons (Fsp3) is 0.423. The third kappa shape index (κ3) is 5.33. The van der Waals surface area contributed by atoms with Gasteiger partial charge < -0.3 is 10.0 Å². The molecule has 3 nitrogen and oxygen atoms in total. The fourth-order valence-electron chi connectivity index (χ4n) is 4.84. The van der Waals surface area contributed by atoms with Crippen LogP contribution in [0.4, 0.5) is 0 Å². The number of halogens is 1. The smallest absolute Gasteiger partial charge is 0.303 e. The van der Waals surface area contributed by atoms with Crippen LogP contribution in [0.2, 0.25) is 0 Å². The number of aliphatic carboxylic acids is 1. The molecule has 0 aromatic heterocycles. The van der Waals surface area contributed by atoms with Gasteiger partial charge in [-0.25, -0.2) is 0 Å². The molecule has 2 aromatic carbocycles. The van der Waals surface area contributed by atoms with E-state index in [2.05, 4.69) is 53.4 Å². The van der Waals surface area contributed by atoms with Crippen LogP contribution >= 0.6 is 12.4 Å². The van der Waals surface area contributed by atoms with E-state index in [0.717, 1.165) is 64.6 Å². The van der Waals surface area contributed by atoms with E-state index in [1.807, 2.05) is 0 Å². The van der Waals surface area contributed by atoms with E-state index in [0.29, 0.717) is 6.42 Å². The first-order chi connectivity index (χ1) is 14.2. The van der Waals surface area contributed by atoms with Crippen molar-refractivity contribution in [2.75, 3.05) is 19.6 Å². The molecule has 160 valence electrons.